The summed E-state index contributed by atoms with van der Waals surface area (Å²) in [6.07, 6.45) is 0.740. The van der Waals surface area contributed by atoms with Gasteiger partial charge in [-0.15, -0.1) is 0 Å². The zero-order valence-electron chi connectivity index (χ0n) is 6.47. The lowest BCUT2D eigenvalue weighted by Crippen LogP contribution is -1.74. The van der Waals surface area contributed by atoms with Gasteiger partial charge < -0.3 is 4.98 Å². The molecule has 1 heterocycles. The Kier molecular flexibility index (Phi) is 2.02. The molecule has 0 aliphatic carbocycles. The van der Waals surface area contributed by atoms with Crippen LogP contribution in [0.5, 0.6) is 0 Å². The lowest BCUT2D eigenvalue weighted by Gasteiger charge is -1.94. The third kappa shape index (κ3) is 1.43. The molecule has 2 nitrogen and oxygen atoms in total. The molecular formula is C9H5Cl2NO. The maximum atomic E-state index is 10.5. The molecule has 1 aromatic heterocycles. The van der Waals surface area contributed by atoms with Crippen molar-refractivity contribution < 1.29 is 4.79 Å². The number of benzene rings is 1. The van der Waals surface area contributed by atoms with Gasteiger partial charge in [-0.3, -0.25) is 4.79 Å². The summed E-state index contributed by atoms with van der Waals surface area (Å²) in [5.74, 6) is 0. The first-order valence-corrected chi connectivity index (χ1v) is 4.39. The molecule has 66 valence electrons. The number of nitrogens with one attached hydrogen (secondary N) is 1. The summed E-state index contributed by atoms with van der Waals surface area (Å²) < 4.78 is 0. The second-order valence-corrected chi connectivity index (χ2v) is 3.54. The summed E-state index contributed by atoms with van der Waals surface area (Å²) in [4.78, 5) is 13.4. The highest BCUT2D eigenvalue weighted by molar-refractivity contribution is 6.38. The molecule has 1 N–H and O–H groups in total. The monoisotopic (exact) mass is 213 g/mol. The molecule has 2 aromatic rings. The number of rotatable bonds is 1. The molecule has 0 unspecified atom stereocenters. The van der Waals surface area contributed by atoms with E-state index in [2.05, 4.69) is 4.98 Å². The van der Waals surface area contributed by atoms with Crippen molar-refractivity contribution in [1.82, 2.24) is 4.98 Å². The Bertz CT molecular complexity index is 476. The van der Waals surface area contributed by atoms with Crippen LogP contribution in [-0.4, -0.2) is 11.3 Å². The van der Waals surface area contributed by atoms with E-state index in [0.717, 1.165) is 17.2 Å². The smallest absolute Gasteiger partial charge is 0.166 e. The van der Waals surface area contributed by atoms with Gasteiger partial charge in [0, 0.05) is 15.9 Å². The topological polar surface area (TPSA) is 32.9 Å². The third-order valence-electron chi connectivity index (χ3n) is 1.80. The number of halogens is 2. The van der Waals surface area contributed by atoms with Gasteiger partial charge in [0.2, 0.25) is 0 Å². The second kappa shape index (κ2) is 3.05. The minimum atomic E-state index is 0.499. The highest BCUT2D eigenvalue weighted by Crippen LogP contribution is 2.27. The Balaban J connectivity index is 2.82. The average Bonchev–Trinajstić information content (AvgIpc) is 2.47. The third-order valence-corrected chi connectivity index (χ3v) is 2.33. The standard InChI is InChI=1S/C9H5Cl2NO/c10-5-1-8(11)7-3-6(4-13)12-9(7)2-5/h1-4,12H. The number of aromatic amines is 1. The summed E-state index contributed by atoms with van der Waals surface area (Å²) in [6.45, 7) is 0. The average molecular weight is 214 g/mol. The number of aldehydes is 1. The maximum Gasteiger partial charge on any atom is 0.166 e. The molecule has 13 heavy (non-hydrogen) atoms. The molecule has 0 spiro atoms. The number of carbonyl (C=O) groups excluding carboxylic acids is 1. The molecule has 0 aliphatic heterocycles. The molecule has 0 atom stereocenters. The Labute approximate surface area is 84.5 Å². The molecule has 0 fully saturated rings. The Hall–Kier alpha value is -0.990. The zero-order chi connectivity index (χ0) is 9.42. The number of hydrogen-bond donors (Lipinski definition) is 1. The van der Waals surface area contributed by atoms with Gasteiger partial charge in [0.05, 0.1) is 10.7 Å². The van der Waals surface area contributed by atoms with Crippen LogP contribution in [0.25, 0.3) is 10.9 Å². The van der Waals surface area contributed by atoms with Crippen molar-refractivity contribution in [2.45, 2.75) is 0 Å². The SMILES string of the molecule is O=Cc1cc2c(Cl)cc(Cl)cc2[nH]1. The van der Waals surface area contributed by atoms with Crippen LogP contribution in [0.15, 0.2) is 18.2 Å². The molecule has 0 aliphatic rings. The van der Waals surface area contributed by atoms with Gasteiger partial charge in [0.1, 0.15) is 0 Å². The maximum absolute atomic E-state index is 10.5. The van der Waals surface area contributed by atoms with Crippen molar-refractivity contribution in [2.24, 2.45) is 0 Å². The summed E-state index contributed by atoms with van der Waals surface area (Å²) >= 11 is 11.7. The normalized spacial score (nSPS) is 10.6. The molecular weight excluding hydrogens is 209 g/mol. The molecule has 0 bridgehead atoms. The lowest BCUT2D eigenvalue weighted by atomic mass is 10.2. The number of fused-ring (bicyclic) bond motifs is 1. The van der Waals surface area contributed by atoms with Gasteiger partial charge in [0.15, 0.2) is 6.29 Å². The van der Waals surface area contributed by atoms with Crippen molar-refractivity contribution in [1.29, 1.82) is 0 Å². The lowest BCUT2D eigenvalue weighted by molar-refractivity contribution is 0.112. The number of H-pyrrole nitrogens is 1. The van der Waals surface area contributed by atoms with Crippen LogP contribution in [0.4, 0.5) is 0 Å². The highest BCUT2D eigenvalue weighted by Gasteiger charge is 2.04. The zero-order valence-corrected chi connectivity index (χ0v) is 7.99. The molecule has 0 saturated carbocycles. The summed E-state index contributed by atoms with van der Waals surface area (Å²) in [5, 5.41) is 1.91. The minimum Gasteiger partial charge on any atom is -0.352 e. The molecule has 0 saturated heterocycles. The van der Waals surface area contributed by atoms with Crippen LogP contribution >= 0.6 is 23.2 Å². The largest absolute Gasteiger partial charge is 0.352 e. The van der Waals surface area contributed by atoms with E-state index >= 15 is 0 Å². The molecule has 1 aromatic carbocycles. The van der Waals surface area contributed by atoms with Gasteiger partial charge in [-0.25, -0.2) is 0 Å². The molecule has 2 rings (SSSR count). The van der Waals surface area contributed by atoms with Crippen molar-refractivity contribution >= 4 is 40.4 Å². The summed E-state index contributed by atoms with van der Waals surface area (Å²) in [5.41, 5.74) is 1.28. The van der Waals surface area contributed by atoms with E-state index in [1.54, 1.807) is 18.2 Å². The number of carbonyl (C=O) groups is 1. The second-order valence-electron chi connectivity index (χ2n) is 2.69. The quantitative estimate of drug-likeness (QED) is 0.725. The Morgan fingerprint density at radius 3 is 2.69 bits per heavy atom. The van der Waals surface area contributed by atoms with Gasteiger partial charge in [-0.1, -0.05) is 23.2 Å². The first-order valence-electron chi connectivity index (χ1n) is 3.63. The van der Waals surface area contributed by atoms with E-state index in [9.17, 15) is 4.79 Å². The fraction of sp³-hybridized carbons (Fsp3) is 0. The van der Waals surface area contributed by atoms with Gasteiger partial charge in [-0.05, 0) is 18.2 Å². The van der Waals surface area contributed by atoms with Crippen molar-refractivity contribution in [3.63, 3.8) is 0 Å². The van der Waals surface area contributed by atoms with E-state index < -0.39 is 0 Å². The minimum absolute atomic E-state index is 0.499. The van der Waals surface area contributed by atoms with Crippen molar-refractivity contribution in [3.8, 4) is 0 Å². The van der Waals surface area contributed by atoms with Crippen LogP contribution in [0.3, 0.4) is 0 Å². The first kappa shape index (κ1) is 8.60. The fourth-order valence-electron chi connectivity index (χ4n) is 1.25. The molecule has 0 amide bonds. The van der Waals surface area contributed by atoms with Crippen molar-refractivity contribution in [2.75, 3.05) is 0 Å². The number of aromatic nitrogens is 1. The summed E-state index contributed by atoms with van der Waals surface area (Å²) in [6, 6.07) is 5.07. The van der Waals surface area contributed by atoms with Crippen LogP contribution in [0.1, 0.15) is 10.5 Å². The van der Waals surface area contributed by atoms with Crippen molar-refractivity contribution in [3.05, 3.63) is 33.9 Å². The van der Waals surface area contributed by atoms with E-state index in [-0.39, 0.29) is 0 Å². The van der Waals surface area contributed by atoms with E-state index in [4.69, 9.17) is 23.2 Å². The molecule has 0 radical (unpaired) electrons. The van der Waals surface area contributed by atoms with Crippen LogP contribution in [0, 0.1) is 0 Å². The summed E-state index contributed by atoms with van der Waals surface area (Å²) in [7, 11) is 0. The molecule has 4 heteroatoms. The van der Waals surface area contributed by atoms with Crippen LogP contribution in [-0.2, 0) is 0 Å². The van der Waals surface area contributed by atoms with Gasteiger partial charge in [-0.2, -0.15) is 0 Å². The Morgan fingerprint density at radius 2 is 2.00 bits per heavy atom. The van der Waals surface area contributed by atoms with Gasteiger partial charge >= 0.3 is 0 Å². The number of hydrogen-bond acceptors (Lipinski definition) is 1. The van der Waals surface area contributed by atoms with Crippen LogP contribution < -0.4 is 0 Å². The predicted molar refractivity (Wildman–Crippen MR) is 53.7 cm³/mol. The van der Waals surface area contributed by atoms with E-state index in [1.165, 1.54) is 0 Å². The highest BCUT2D eigenvalue weighted by atomic mass is 35.5. The van der Waals surface area contributed by atoms with E-state index in [0.29, 0.717) is 15.7 Å². The Morgan fingerprint density at radius 1 is 1.23 bits per heavy atom. The fourth-order valence-corrected chi connectivity index (χ4v) is 1.79. The predicted octanol–water partition coefficient (Wildman–Crippen LogP) is 3.29. The van der Waals surface area contributed by atoms with Gasteiger partial charge in [0.25, 0.3) is 0 Å². The van der Waals surface area contributed by atoms with Crippen LogP contribution in [0.2, 0.25) is 10.0 Å². The first-order chi connectivity index (χ1) is 6.20. The van der Waals surface area contributed by atoms with E-state index in [1.807, 2.05) is 0 Å².